The Balaban J connectivity index is 2.84. The van der Waals surface area contributed by atoms with Crippen LogP contribution in [0.2, 0.25) is 0 Å². The van der Waals surface area contributed by atoms with E-state index in [1.54, 1.807) is 0 Å². The Bertz CT molecular complexity index is 1190. The first kappa shape index (κ1) is 77.3. The van der Waals surface area contributed by atoms with Crippen molar-refractivity contribution >= 4 is 17.8 Å². The molecule has 0 aliphatic rings. The standard InChI is InChI=1S/C72H144N6O3/c1-7-13-19-25-31-34-40-46-55-67(52-43-37-28-22-16-10-4)64-79-61-49-58-73-70-76-71(74-59-50-62-80-65-68(53-44-38-29-23-17-11-5)56-47-41-35-32-26-20-14-8-2)78-72(77-70)75-60-51-63-81-66-69(54-45-39-30-24-18-12-6)57-48-42-36-33-27-21-15-9-3/h67-69H,7-66H2,1-6H3,(H3,73,74,75,76,77,78). The van der Waals surface area contributed by atoms with E-state index >= 15 is 0 Å². The highest BCUT2D eigenvalue weighted by molar-refractivity contribution is 5.42. The maximum Gasteiger partial charge on any atom is 0.229 e. The second-order valence-corrected chi connectivity index (χ2v) is 25.4. The zero-order valence-corrected chi connectivity index (χ0v) is 55.7. The summed E-state index contributed by atoms with van der Waals surface area (Å²) in [5.74, 6) is 3.91. The molecule has 0 aromatic carbocycles. The Morgan fingerprint density at radius 2 is 0.407 bits per heavy atom. The highest BCUT2D eigenvalue weighted by Crippen LogP contribution is 2.24. The molecule has 0 amide bonds. The van der Waals surface area contributed by atoms with Crippen LogP contribution in [0.4, 0.5) is 17.8 Å². The molecule has 9 heteroatoms. The second kappa shape index (κ2) is 64.3. The van der Waals surface area contributed by atoms with Crippen molar-refractivity contribution in [3.8, 4) is 0 Å². The molecule has 3 atom stereocenters. The van der Waals surface area contributed by atoms with Gasteiger partial charge in [0, 0.05) is 59.3 Å². The smallest absolute Gasteiger partial charge is 0.229 e. The summed E-state index contributed by atoms with van der Waals surface area (Å²) in [4.78, 5) is 14.6. The van der Waals surface area contributed by atoms with E-state index in [2.05, 4.69) is 57.5 Å². The van der Waals surface area contributed by atoms with Crippen LogP contribution in [0.5, 0.6) is 0 Å². The lowest BCUT2D eigenvalue weighted by atomic mass is 9.94. The van der Waals surface area contributed by atoms with Crippen molar-refractivity contribution < 1.29 is 14.2 Å². The number of nitrogens with one attached hydrogen (secondary N) is 3. The molecule has 480 valence electrons. The van der Waals surface area contributed by atoms with E-state index in [-0.39, 0.29) is 0 Å². The fourth-order valence-electron chi connectivity index (χ4n) is 11.8. The average molecular weight is 1140 g/mol. The number of ether oxygens (including phenoxy) is 3. The lowest BCUT2D eigenvalue weighted by Crippen LogP contribution is -2.17. The lowest BCUT2D eigenvalue weighted by molar-refractivity contribution is 0.0907. The molecule has 3 N–H and O–H groups in total. The van der Waals surface area contributed by atoms with Gasteiger partial charge in [-0.1, -0.05) is 311 Å². The quantitative estimate of drug-likeness (QED) is 0.0551. The molecule has 1 heterocycles. The van der Waals surface area contributed by atoms with Gasteiger partial charge in [0.1, 0.15) is 0 Å². The van der Waals surface area contributed by atoms with E-state index in [1.807, 2.05) is 0 Å². The second-order valence-electron chi connectivity index (χ2n) is 25.4. The van der Waals surface area contributed by atoms with Gasteiger partial charge in [-0.3, -0.25) is 0 Å². The van der Waals surface area contributed by atoms with Crippen LogP contribution in [0.3, 0.4) is 0 Å². The number of anilines is 3. The summed E-state index contributed by atoms with van der Waals surface area (Å²) < 4.78 is 19.3. The Labute approximate surface area is 506 Å². The van der Waals surface area contributed by atoms with E-state index in [1.165, 1.54) is 308 Å². The summed E-state index contributed by atoms with van der Waals surface area (Å²) >= 11 is 0. The summed E-state index contributed by atoms with van der Waals surface area (Å²) in [5, 5.41) is 10.6. The monoisotopic (exact) mass is 1140 g/mol. The van der Waals surface area contributed by atoms with E-state index in [9.17, 15) is 0 Å². The minimum atomic E-state index is 0.620. The Kier molecular flexibility index (Phi) is 61.4. The topological polar surface area (TPSA) is 102 Å². The van der Waals surface area contributed by atoms with E-state index in [0.29, 0.717) is 35.6 Å². The van der Waals surface area contributed by atoms with Gasteiger partial charge < -0.3 is 30.2 Å². The van der Waals surface area contributed by atoms with Crippen molar-refractivity contribution in [1.82, 2.24) is 15.0 Å². The van der Waals surface area contributed by atoms with E-state index < -0.39 is 0 Å². The van der Waals surface area contributed by atoms with Gasteiger partial charge in [-0.15, -0.1) is 0 Å². The first-order valence-electron chi connectivity index (χ1n) is 36.8. The molecule has 1 aromatic heterocycles. The van der Waals surface area contributed by atoms with Crippen LogP contribution < -0.4 is 16.0 Å². The third kappa shape index (κ3) is 54.7. The molecule has 3 unspecified atom stereocenters. The minimum absolute atomic E-state index is 0.620. The first-order chi connectivity index (χ1) is 40.1. The van der Waals surface area contributed by atoms with Crippen molar-refractivity contribution in [2.75, 3.05) is 75.2 Å². The van der Waals surface area contributed by atoms with Gasteiger partial charge in [0.15, 0.2) is 0 Å². The molecule has 9 nitrogen and oxygen atoms in total. The molecule has 0 saturated heterocycles. The minimum Gasteiger partial charge on any atom is -0.381 e. The molecule has 81 heavy (non-hydrogen) atoms. The number of aromatic nitrogens is 3. The van der Waals surface area contributed by atoms with Gasteiger partial charge in [-0.2, -0.15) is 15.0 Å². The number of unbranched alkanes of at least 4 members (excludes halogenated alkanes) is 36. The van der Waals surface area contributed by atoms with Crippen LogP contribution in [-0.2, 0) is 14.2 Å². The largest absolute Gasteiger partial charge is 0.381 e. The van der Waals surface area contributed by atoms with Crippen molar-refractivity contribution in [2.24, 2.45) is 17.8 Å². The highest BCUT2D eigenvalue weighted by atomic mass is 16.5. The zero-order valence-electron chi connectivity index (χ0n) is 55.7. The Morgan fingerprint density at radius 3 is 0.593 bits per heavy atom. The van der Waals surface area contributed by atoms with Crippen LogP contribution in [0.15, 0.2) is 0 Å². The Morgan fingerprint density at radius 1 is 0.235 bits per heavy atom. The maximum absolute atomic E-state index is 6.42. The average Bonchev–Trinajstić information content (AvgIpc) is 3.47. The SMILES string of the molecule is CCCCCCCCCCC(CCCCCCCC)COCCCNc1nc(NCCCOCC(CCCCCCCC)CCCCCCCCCC)nc(NCCCOCC(CCCCCCCC)CCCCCCCCCC)n1. The van der Waals surface area contributed by atoms with E-state index in [4.69, 9.17) is 29.2 Å². The fourth-order valence-corrected chi connectivity index (χ4v) is 11.8. The summed E-state index contributed by atoms with van der Waals surface area (Å²) in [6.07, 6.45) is 68.5. The fraction of sp³-hybridized carbons (Fsp3) is 0.958. The predicted molar refractivity (Wildman–Crippen MR) is 358 cm³/mol. The molecule has 0 radical (unpaired) electrons. The predicted octanol–water partition coefficient (Wildman–Crippen LogP) is 23.0. The van der Waals surface area contributed by atoms with Gasteiger partial charge >= 0.3 is 0 Å². The summed E-state index contributed by atoms with van der Waals surface area (Å²) in [5.41, 5.74) is 0. The van der Waals surface area contributed by atoms with Crippen molar-refractivity contribution in [2.45, 2.75) is 369 Å². The molecule has 0 fully saturated rings. The number of nitrogens with zero attached hydrogens (tertiary/aromatic N) is 3. The Hall–Kier alpha value is -1.71. The molecule has 0 aliphatic carbocycles. The molecule has 1 aromatic rings. The third-order valence-corrected chi connectivity index (χ3v) is 17.2. The summed E-state index contributed by atoms with van der Waals surface area (Å²) in [6.45, 7) is 21.1. The highest BCUT2D eigenvalue weighted by Gasteiger charge is 2.14. The number of rotatable bonds is 69. The van der Waals surface area contributed by atoms with Crippen LogP contribution in [0.25, 0.3) is 0 Å². The molecular formula is C72H144N6O3. The summed E-state index contributed by atoms with van der Waals surface area (Å²) in [7, 11) is 0. The van der Waals surface area contributed by atoms with Crippen molar-refractivity contribution in [1.29, 1.82) is 0 Å². The zero-order chi connectivity index (χ0) is 58.3. The molecule has 0 saturated carbocycles. The normalized spacial score (nSPS) is 12.8. The van der Waals surface area contributed by atoms with Gasteiger partial charge in [0.05, 0.1) is 0 Å². The van der Waals surface area contributed by atoms with Crippen LogP contribution in [0.1, 0.15) is 369 Å². The molecular weight excluding hydrogens is 997 g/mol. The van der Waals surface area contributed by atoms with Crippen LogP contribution in [0, 0.1) is 17.8 Å². The van der Waals surface area contributed by atoms with Gasteiger partial charge in [0.2, 0.25) is 17.8 Å². The molecule has 0 spiro atoms. The molecule has 0 bridgehead atoms. The van der Waals surface area contributed by atoms with Gasteiger partial charge in [-0.25, -0.2) is 0 Å². The molecule has 0 aliphatic heterocycles. The molecule has 1 rings (SSSR count). The van der Waals surface area contributed by atoms with Crippen molar-refractivity contribution in [3.05, 3.63) is 0 Å². The number of hydrogen-bond donors (Lipinski definition) is 3. The third-order valence-electron chi connectivity index (χ3n) is 17.2. The van der Waals surface area contributed by atoms with Crippen LogP contribution >= 0.6 is 0 Å². The first-order valence-corrected chi connectivity index (χ1v) is 36.8. The van der Waals surface area contributed by atoms with E-state index in [0.717, 1.165) is 78.5 Å². The lowest BCUT2D eigenvalue weighted by Gasteiger charge is -2.18. The van der Waals surface area contributed by atoms with Crippen molar-refractivity contribution in [3.63, 3.8) is 0 Å². The summed E-state index contributed by atoms with van der Waals surface area (Å²) in [6, 6.07) is 0. The maximum atomic E-state index is 6.42. The number of hydrogen-bond acceptors (Lipinski definition) is 9. The van der Waals surface area contributed by atoms with Gasteiger partial charge in [0.25, 0.3) is 0 Å². The van der Waals surface area contributed by atoms with Gasteiger partial charge in [-0.05, 0) is 75.5 Å². The van der Waals surface area contributed by atoms with Crippen LogP contribution in [-0.4, -0.2) is 74.2 Å².